The maximum Gasteiger partial charge on any atom is 0.0367 e. The molecule has 0 unspecified atom stereocenters. The van der Waals surface area contributed by atoms with Crippen LogP contribution in [0.25, 0.3) is 0 Å². The predicted molar refractivity (Wildman–Crippen MR) is 64.4 cm³/mol. The fraction of sp³-hybridized carbons (Fsp3) is 0.500. The van der Waals surface area contributed by atoms with Crippen molar-refractivity contribution >= 4 is 5.69 Å². The third-order valence-electron chi connectivity index (χ3n) is 2.72. The molecule has 2 N–H and O–H groups in total. The molecule has 1 fully saturated rings. The van der Waals surface area contributed by atoms with Gasteiger partial charge < -0.3 is 40.3 Å². The number of anilines is 1. The van der Waals surface area contributed by atoms with E-state index in [0.717, 1.165) is 39.3 Å². The van der Waals surface area contributed by atoms with E-state index in [9.17, 15) is 0 Å². The summed E-state index contributed by atoms with van der Waals surface area (Å²) in [6.45, 7) is 6.45. The first-order valence-corrected chi connectivity index (χ1v) is 5.68. The molecule has 102 valence electrons. The Hall–Kier alpha value is 0.234. The van der Waals surface area contributed by atoms with E-state index in [4.69, 9.17) is 0 Å². The summed E-state index contributed by atoms with van der Waals surface area (Å²) >= 11 is 0. The Balaban J connectivity index is 0. The monoisotopic (exact) mass is 323 g/mol. The molecular weight excluding hydrogens is 305 g/mol. The van der Waals surface area contributed by atoms with Crippen molar-refractivity contribution in [3.8, 4) is 0 Å². The van der Waals surface area contributed by atoms with E-state index in [1.165, 1.54) is 5.69 Å². The number of halogens is 2. The maximum absolute atomic E-state index is 3.42. The van der Waals surface area contributed by atoms with Crippen molar-refractivity contribution in [2.24, 2.45) is 0 Å². The molecule has 18 heavy (non-hydrogen) atoms. The van der Waals surface area contributed by atoms with Gasteiger partial charge in [0.05, 0.1) is 0 Å². The van der Waals surface area contributed by atoms with Crippen LogP contribution in [0.4, 0.5) is 5.69 Å². The molecule has 1 heterocycles. The molecule has 0 aliphatic carbocycles. The van der Waals surface area contributed by atoms with Crippen LogP contribution in [0.2, 0.25) is 0 Å². The van der Waals surface area contributed by atoms with Crippen LogP contribution in [0, 0.1) is 0 Å². The van der Waals surface area contributed by atoms with E-state index in [0.29, 0.717) is 0 Å². The first-order valence-electron chi connectivity index (χ1n) is 5.68. The minimum Gasteiger partial charge on any atom is -1.00 e. The number of nitrogens with one attached hydrogen (secondary N) is 2. The van der Waals surface area contributed by atoms with Crippen molar-refractivity contribution in [3.05, 3.63) is 30.3 Å². The van der Waals surface area contributed by atoms with Gasteiger partial charge in [0.25, 0.3) is 0 Å². The number of hydrogen-bond donors (Lipinski definition) is 2. The molecule has 3 nitrogen and oxygen atoms in total. The van der Waals surface area contributed by atoms with Gasteiger partial charge in [0.2, 0.25) is 0 Å². The van der Waals surface area contributed by atoms with Gasteiger partial charge in [-0.1, -0.05) is 18.2 Å². The summed E-state index contributed by atoms with van der Waals surface area (Å²) < 4.78 is 0. The molecule has 1 aliphatic heterocycles. The summed E-state index contributed by atoms with van der Waals surface area (Å²) in [5, 5.41) is 6.85. The number of nitrogens with zero attached hydrogens (tertiary/aromatic N) is 1. The van der Waals surface area contributed by atoms with Gasteiger partial charge >= 0.3 is 0 Å². The summed E-state index contributed by atoms with van der Waals surface area (Å²) in [6.07, 6.45) is 0. The largest absolute Gasteiger partial charge is 1.00 e. The summed E-state index contributed by atoms with van der Waals surface area (Å²) in [6, 6.07) is 10.6. The molecule has 0 spiro atoms. The molecule has 0 bridgehead atoms. The van der Waals surface area contributed by atoms with Crippen LogP contribution in [0.5, 0.6) is 0 Å². The Morgan fingerprint density at radius 3 is 1.78 bits per heavy atom. The van der Waals surface area contributed by atoms with Crippen molar-refractivity contribution in [2.45, 2.75) is 0 Å². The molecule has 0 aromatic heterocycles. The first-order chi connectivity index (χ1) is 7.47. The normalized spacial score (nSPS) is 15.9. The van der Waals surface area contributed by atoms with Gasteiger partial charge in [-0.2, -0.15) is 0 Å². The summed E-state index contributed by atoms with van der Waals surface area (Å²) in [5.74, 6) is 0. The standard InChI is InChI=1S/C12H19N3.2ClH.Ti/c1-2-4-12(5-3-1)15-10-8-13-6-7-14-9-11-15;;;/h1-5,13-14H,6-11H2;2*1H;/p-2. The Morgan fingerprint density at radius 2 is 1.28 bits per heavy atom. The van der Waals surface area contributed by atoms with Crippen molar-refractivity contribution < 1.29 is 46.5 Å². The van der Waals surface area contributed by atoms with Crippen LogP contribution in [0.15, 0.2) is 30.3 Å². The Bertz CT molecular complexity index is 278. The minimum atomic E-state index is 0. The average molecular weight is 324 g/mol. The number of para-hydroxylation sites is 1. The molecule has 0 atom stereocenters. The molecule has 1 aromatic rings. The van der Waals surface area contributed by atoms with Gasteiger partial charge in [-0.15, -0.1) is 0 Å². The third kappa shape index (κ3) is 6.98. The van der Waals surface area contributed by atoms with E-state index < -0.39 is 0 Å². The van der Waals surface area contributed by atoms with Gasteiger partial charge in [-0.3, -0.25) is 0 Å². The van der Waals surface area contributed by atoms with Crippen LogP contribution in [0.3, 0.4) is 0 Å². The van der Waals surface area contributed by atoms with E-state index >= 15 is 0 Å². The van der Waals surface area contributed by atoms with Crippen LogP contribution >= 0.6 is 0 Å². The van der Waals surface area contributed by atoms with E-state index in [1.807, 2.05) is 0 Å². The first kappa shape index (κ1) is 20.5. The van der Waals surface area contributed by atoms with E-state index in [1.54, 1.807) is 0 Å². The molecule has 0 amide bonds. The predicted octanol–water partition coefficient (Wildman–Crippen LogP) is -5.31. The average Bonchev–Trinajstić information content (AvgIpc) is 2.43. The van der Waals surface area contributed by atoms with Crippen molar-refractivity contribution in [1.82, 2.24) is 10.6 Å². The summed E-state index contributed by atoms with van der Waals surface area (Å²) in [5.41, 5.74) is 1.32. The second kappa shape index (κ2) is 12.3. The maximum atomic E-state index is 3.42. The Labute approximate surface area is 137 Å². The topological polar surface area (TPSA) is 27.3 Å². The van der Waals surface area contributed by atoms with Crippen LogP contribution in [-0.4, -0.2) is 39.3 Å². The van der Waals surface area contributed by atoms with Crippen molar-refractivity contribution in [1.29, 1.82) is 0 Å². The summed E-state index contributed by atoms with van der Waals surface area (Å²) in [7, 11) is 0. The SMILES string of the molecule is [Cl-].[Cl-].[Ti].c1ccc(N2CCNCCNCC2)cc1. The zero-order valence-electron chi connectivity index (χ0n) is 10.3. The molecule has 1 saturated heterocycles. The van der Waals surface area contributed by atoms with E-state index in [2.05, 4.69) is 45.9 Å². The molecule has 1 aliphatic rings. The van der Waals surface area contributed by atoms with Gasteiger partial charge in [-0.05, 0) is 12.1 Å². The van der Waals surface area contributed by atoms with Gasteiger partial charge in [0, 0.05) is 66.7 Å². The fourth-order valence-electron chi connectivity index (χ4n) is 1.86. The molecule has 1 aromatic carbocycles. The Kier molecular flexibility index (Phi) is 14.0. The second-order valence-corrected chi connectivity index (χ2v) is 3.82. The molecule has 0 saturated carbocycles. The van der Waals surface area contributed by atoms with Crippen molar-refractivity contribution in [3.63, 3.8) is 0 Å². The van der Waals surface area contributed by atoms with Crippen LogP contribution in [-0.2, 0) is 21.7 Å². The number of hydrogen-bond acceptors (Lipinski definition) is 3. The molecular formula is C12H19Cl2N3Ti-2. The fourth-order valence-corrected chi connectivity index (χ4v) is 1.86. The third-order valence-corrected chi connectivity index (χ3v) is 2.72. The molecule has 6 heteroatoms. The van der Waals surface area contributed by atoms with Crippen molar-refractivity contribution in [2.75, 3.05) is 44.2 Å². The van der Waals surface area contributed by atoms with Crippen LogP contribution < -0.4 is 40.3 Å². The van der Waals surface area contributed by atoms with E-state index in [-0.39, 0.29) is 46.5 Å². The van der Waals surface area contributed by atoms with Gasteiger partial charge in [0.15, 0.2) is 0 Å². The second-order valence-electron chi connectivity index (χ2n) is 3.82. The smallest absolute Gasteiger partial charge is 0.0367 e. The number of benzene rings is 1. The summed E-state index contributed by atoms with van der Waals surface area (Å²) in [4.78, 5) is 2.42. The van der Waals surface area contributed by atoms with Gasteiger partial charge in [-0.25, -0.2) is 0 Å². The molecule has 2 rings (SSSR count). The van der Waals surface area contributed by atoms with Crippen LogP contribution in [0.1, 0.15) is 0 Å². The molecule has 0 radical (unpaired) electrons. The zero-order valence-corrected chi connectivity index (χ0v) is 13.4. The Morgan fingerprint density at radius 1 is 0.778 bits per heavy atom. The zero-order chi connectivity index (χ0) is 10.3. The quantitative estimate of drug-likeness (QED) is 0.506. The minimum absolute atomic E-state index is 0. The number of rotatable bonds is 1. The van der Waals surface area contributed by atoms with Gasteiger partial charge in [0.1, 0.15) is 0 Å².